The fourth-order valence-electron chi connectivity index (χ4n) is 0.0962. The summed E-state index contributed by atoms with van der Waals surface area (Å²) >= 11 is 0. The Morgan fingerprint density at radius 3 is 1.50 bits per heavy atom. The fourth-order valence-corrected chi connectivity index (χ4v) is 0.0962. The maximum absolute atomic E-state index is 9.45. The summed E-state index contributed by atoms with van der Waals surface area (Å²) in [6.07, 6.45) is -1.30. The normalized spacial score (nSPS) is 11.8. The van der Waals surface area contributed by atoms with Gasteiger partial charge in [-0.3, -0.25) is 0 Å². The molecule has 5 heteroatoms. The summed E-state index contributed by atoms with van der Waals surface area (Å²) in [6.45, 7) is 3.03. The van der Waals surface area contributed by atoms with Crippen LogP contribution in [-0.2, 0) is 14.3 Å². The van der Waals surface area contributed by atoms with Gasteiger partial charge >= 0.3 is 5.97 Å². The minimum Gasteiger partial charge on any atom is -0.479 e. The Hall–Kier alpha value is -0.650. The number of hydrogen-bond donors (Lipinski definition) is 2. The molecule has 12 heavy (non-hydrogen) atoms. The first-order valence-corrected chi connectivity index (χ1v) is 3.42. The highest BCUT2D eigenvalue weighted by Crippen LogP contribution is 1.82. The monoisotopic (exact) mass is 180 g/mol. The van der Waals surface area contributed by atoms with E-state index in [0.717, 1.165) is 0 Å². The molecule has 0 saturated heterocycles. The summed E-state index contributed by atoms with van der Waals surface area (Å²) in [5.74, 6) is -1.19. The van der Waals surface area contributed by atoms with Crippen LogP contribution < -0.4 is 0 Å². The van der Waals surface area contributed by atoms with Crippen LogP contribution in [0.15, 0.2) is 0 Å². The van der Waals surface area contributed by atoms with Gasteiger partial charge in [-0.05, 0) is 13.8 Å². The van der Waals surface area contributed by atoms with Gasteiger partial charge in [0.25, 0.3) is 0 Å². The molecule has 0 rings (SSSR count). The largest absolute Gasteiger partial charge is 0.479 e. The van der Waals surface area contributed by atoms with E-state index >= 15 is 0 Å². The molecule has 0 saturated carbocycles. The second-order valence-corrected chi connectivity index (χ2v) is 2.05. The van der Waals surface area contributed by atoms with Crippen molar-refractivity contribution in [3.63, 3.8) is 0 Å². The van der Waals surface area contributed by atoms with Crippen LogP contribution in [0.2, 0.25) is 0 Å². The second kappa shape index (κ2) is 8.45. The lowest BCUT2D eigenvalue weighted by atomic mass is 10.4. The van der Waals surface area contributed by atoms with Crippen LogP contribution in [0.3, 0.4) is 0 Å². The van der Waals surface area contributed by atoms with E-state index in [2.05, 4.69) is 9.47 Å². The number of aliphatic hydroxyl groups is 1. The summed E-state index contributed by atoms with van der Waals surface area (Å²) in [5, 5.41) is 15.8. The molecule has 5 nitrogen and oxygen atoms in total. The van der Waals surface area contributed by atoms with E-state index < -0.39 is 12.1 Å². The number of carboxylic acid groups (broad SMARTS) is 1. The van der Waals surface area contributed by atoms with Crippen molar-refractivity contribution >= 4 is 5.97 Å². The predicted molar refractivity (Wildman–Crippen MR) is 42.8 cm³/mol. The van der Waals surface area contributed by atoms with Gasteiger partial charge < -0.3 is 19.7 Å². The van der Waals surface area contributed by atoms with Crippen molar-refractivity contribution < 1.29 is 24.5 Å². The van der Waals surface area contributed by atoms with Gasteiger partial charge in [-0.2, -0.15) is 0 Å². The van der Waals surface area contributed by atoms with Crippen LogP contribution in [0, 0.1) is 0 Å². The molecule has 2 N–H and O–H groups in total. The number of hydrogen-bond acceptors (Lipinski definition) is 4. The van der Waals surface area contributed by atoms with Crippen LogP contribution in [0.25, 0.3) is 0 Å². The number of aliphatic carboxylic acids is 1. The summed E-state index contributed by atoms with van der Waals surface area (Å²) in [7, 11) is 3.21. The molecule has 0 radical (unpaired) electrons. The maximum atomic E-state index is 9.45. The van der Waals surface area contributed by atoms with Crippen LogP contribution in [0.4, 0.5) is 0 Å². The Labute approximate surface area is 71.9 Å². The van der Waals surface area contributed by atoms with E-state index in [1.807, 2.05) is 6.92 Å². The van der Waals surface area contributed by atoms with E-state index in [4.69, 9.17) is 10.2 Å². The summed E-state index contributed by atoms with van der Waals surface area (Å²) in [6, 6.07) is 0. The average Bonchev–Trinajstić information content (AvgIpc) is 2.04. The van der Waals surface area contributed by atoms with Gasteiger partial charge in [0.05, 0.1) is 0 Å². The van der Waals surface area contributed by atoms with Crippen LogP contribution >= 0.6 is 0 Å². The van der Waals surface area contributed by atoms with Crippen molar-refractivity contribution in [2.45, 2.75) is 26.2 Å². The van der Waals surface area contributed by atoms with Crippen molar-refractivity contribution in [2.75, 3.05) is 14.2 Å². The molecular formula is C7H16O5. The lowest BCUT2D eigenvalue weighted by molar-refractivity contribution is -0.145. The Balaban J connectivity index is 0. The van der Waals surface area contributed by atoms with Crippen LogP contribution in [-0.4, -0.2) is 42.8 Å². The summed E-state index contributed by atoms with van der Waals surface area (Å²) in [4.78, 5) is 9.45. The highest BCUT2D eigenvalue weighted by molar-refractivity contribution is 5.71. The highest BCUT2D eigenvalue weighted by atomic mass is 16.7. The number of aliphatic hydroxyl groups excluding tert-OH is 1. The van der Waals surface area contributed by atoms with Crippen molar-refractivity contribution in [3.8, 4) is 0 Å². The molecule has 0 aromatic heterocycles. The number of methoxy groups -OCH3 is 2. The highest BCUT2D eigenvalue weighted by Gasteiger charge is 2.01. The van der Waals surface area contributed by atoms with E-state index in [-0.39, 0.29) is 6.29 Å². The Morgan fingerprint density at radius 1 is 1.25 bits per heavy atom. The van der Waals surface area contributed by atoms with Crippen molar-refractivity contribution in [2.24, 2.45) is 0 Å². The molecule has 0 bridgehead atoms. The molecule has 0 aromatic carbocycles. The quantitative estimate of drug-likeness (QED) is 0.601. The first kappa shape index (κ1) is 13.9. The molecule has 0 aromatic rings. The molecule has 1 atom stereocenters. The second-order valence-electron chi connectivity index (χ2n) is 2.05. The van der Waals surface area contributed by atoms with Crippen LogP contribution in [0.5, 0.6) is 0 Å². The van der Waals surface area contributed by atoms with E-state index in [1.54, 1.807) is 14.2 Å². The minimum absolute atomic E-state index is 0.0648. The molecule has 0 spiro atoms. The van der Waals surface area contributed by atoms with Gasteiger partial charge in [0.1, 0.15) is 6.10 Å². The fraction of sp³-hybridized carbons (Fsp3) is 0.857. The predicted octanol–water partition coefficient (Wildman–Crippen LogP) is 0.0770. The third kappa shape index (κ3) is 12.1. The summed E-state index contributed by atoms with van der Waals surface area (Å²) < 4.78 is 9.35. The Bertz CT molecular complexity index is 108. The Morgan fingerprint density at radius 2 is 1.50 bits per heavy atom. The molecule has 1 unspecified atom stereocenters. The zero-order valence-corrected chi connectivity index (χ0v) is 7.77. The van der Waals surface area contributed by atoms with Gasteiger partial charge in [-0.15, -0.1) is 0 Å². The van der Waals surface area contributed by atoms with Gasteiger partial charge in [0, 0.05) is 14.2 Å². The van der Waals surface area contributed by atoms with E-state index in [0.29, 0.717) is 0 Å². The van der Waals surface area contributed by atoms with Crippen LogP contribution in [0.1, 0.15) is 13.8 Å². The number of rotatable bonds is 3. The van der Waals surface area contributed by atoms with Crippen molar-refractivity contribution in [1.82, 2.24) is 0 Å². The number of carboxylic acids is 1. The van der Waals surface area contributed by atoms with Gasteiger partial charge in [-0.1, -0.05) is 0 Å². The molecule has 74 valence electrons. The average molecular weight is 180 g/mol. The third-order valence-corrected chi connectivity index (χ3v) is 1.02. The number of ether oxygens (including phenoxy) is 2. The lowest BCUT2D eigenvalue weighted by Gasteiger charge is -2.03. The molecule has 0 amide bonds. The summed E-state index contributed by atoms with van der Waals surface area (Å²) in [5.41, 5.74) is 0. The molecule has 0 heterocycles. The van der Waals surface area contributed by atoms with Gasteiger partial charge in [0.15, 0.2) is 6.29 Å². The third-order valence-electron chi connectivity index (χ3n) is 1.02. The molecule has 0 aliphatic carbocycles. The molecule has 0 aliphatic rings. The topological polar surface area (TPSA) is 76.0 Å². The lowest BCUT2D eigenvalue weighted by Crippen LogP contribution is -2.13. The smallest absolute Gasteiger partial charge is 0.332 e. The van der Waals surface area contributed by atoms with Gasteiger partial charge in [-0.25, -0.2) is 4.79 Å². The first-order valence-electron chi connectivity index (χ1n) is 3.42. The van der Waals surface area contributed by atoms with Crippen molar-refractivity contribution in [1.29, 1.82) is 0 Å². The Kier molecular flexibility index (Phi) is 9.79. The molecule has 0 fully saturated rings. The molecular weight excluding hydrogens is 164 g/mol. The number of carbonyl (C=O) groups is 1. The maximum Gasteiger partial charge on any atom is 0.332 e. The zero-order valence-electron chi connectivity index (χ0n) is 7.77. The molecule has 0 aliphatic heterocycles. The zero-order chi connectivity index (χ0) is 10.1. The first-order chi connectivity index (χ1) is 5.45. The van der Waals surface area contributed by atoms with Gasteiger partial charge in [0.2, 0.25) is 0 Å². The minimum atomic E-state index is -1.23. The van der Waals surface area contributed by atoms with Crippen molar-refractivity contribution in [3.05, 3.63) is 0 Å². The standard InChI is InChI=1S/C4H10O2.C3H6O3/c1-4(5-2)6-3;1-2(4)3(5)6/h4H,1-3H3;2,4H,1H3,(H,5,6). The SMILES string of the molecule is CC(O)C(=O)O.COC(C)OC. The van der Waals surface area contributed by atoms with E-state index in [1.165, 1.54) is 6.92 Å². The van der Waals surface area contributed by atoms with E-state index in [9.17, 15) is 4.79 Å².